The zero-order valence-electron chi connectivity index (χ0n) is 9.79. The first-order valence-corrected chi connectivity index (χ1v) is 4.90. The zero-order chi connectivity index (χ0) is 15.5. The van der Waals surface area contributed by atoms with Gasteiger partial charge in [-0.3, -0.25) is 0 Å². The Balaban J connectivity index is 3.60. The number of esters is 1. The maximum Gasteiger partial charge on any atom is 0.573 e. The molecule has 0 aliphatic rings. The van der Waals surface area contributed by atoms with Crippen LogP contribution in [0.1, 0.15) is 27.9 Å². The number of halogens is 5. The number of carbonyl (C=O) groups is 1. The first kappa shape index (κ1) is 15.7. The minimum Gasteiger partial charge on any atom is -0.465 e. The van der Waals surface area contributed by atoms with E-state index in [-0.39, 0.29) is 0 Å². The molecule has 0 unspecified atom stereocenters. The van der Waals surface area contributed by atoms with Crippen LogP contribution < -0.4 is 4.74 Å². The van der Waals surface area contributed by atoms with Crippen molar-refractivity contribution in [3.05, 3.63) is 28.8 Å². The van der Waals surface area contributed by atoms with E-state index in [1.165, 1.54) is 6.07 Å². The van der Waals surface area contributed by atoms with Crippen LogP contribution in [0.15, 0.2) is 12.1 Å². The van der Waals surface area contributed by atoms with Crippen molar-refractivity contribution in [2.75, 3.05) is 7.11 Å². The van der Waals surface area contributed by atoms with Crippen molar-refractivity contribution in [3.8, 4) is 11.8 Å². The molecule has 0 radical (unpaired) electrons. The van der Waals surface area contributed by atoms with Gasteiger partial charge in [0.2, 0.25) is 0 Å². The summed E-state index contributed by atoms with van der Waals surface area (Å²) in [6.45, 7) is 0. The molecule has 0 aromatic heterocycles. The lowest BCUT2D eigenvalue weighted by atomic mass is 10.0. The van der Waals surface area contributed by atoms with Crippen LogP contribution in [-0.4, -0.2) is 19.4 Å². The number of alkyl halides is 5. The number of rotatable bonds is 3. The number of nitrogens with zero attached hydrogens (tertiary/aromatic N) is 1. The lowest BCUT2D eigenvalue weighted by Gasteiger charge is -2.16. The van der Waals surface area contributed by atoms with Gasteiger partial charge in [0.25, 0.3) is 6.43 Å². The highest BCUT2D eigenvalue weighted by atomic mass is 19.4. The second kappa shape index (κ2) is 5.73. The Labute approximate surface area is 109 Å². The van der Waals surface area contributed by atoms with Crippen LogP contribution in [0.2, 0.25) is 0 Å². The lowest BCUT2D eigenvalue weighted by molar-refractivity contribution is -0.275. The van der Waals surface area contributed by atoms with E-state index in [9.17, 15) is 26.7 Å². The number of methoxy groups -OCH3 is 1. The Morgan fingerprint density at radius 1 is 1.35 bits per heavy atom. The second-order valence-electron chi connectivity index (χ2n) is 3.36. The number of benzene rings is 1. The zero-order valence-corrected chi connectivity index (χ0v) is 9.79. The van der Waals surface area contributed by atoms with Crippen molar-refractivity contribution < 1.29 is 36.2 Å². The third kappa shape index (κ3) is 3.34. The van der Waals surface area contributed by atoms with Crippen LogP contribution in [0.25, 0.3) is 0 Å². The molecule has 1 aromatic carbocycles. The topological polar surface area (TPSA) is 59.3 Å². The van der Waals surface area contributed by atoms with Gasteiger partial charge in [0.15, 0.2) is 5.75 Å². The number of hydrogen-bond acceptors (Lipinski definition) is 4. The van der Waals surface area contributed by atoms with Crippen LogP contribution in [-0.2, 0) is 4.74 Å². The molecular formula is C11H6F5NO3. The van der Waals surface area contributed by atoms with Gasteiger partial charge in [0, 0.05) is 0 Å². The fourth-order valence-corrected chi connectivity index (χ4v) is 1.41. The van der Waals surface area contributed by atoms with Gasteiger partial charge in [0.1, 0.15) is 5.56 Å². The molecule has 20 heavy (non-hydrogen) atoms. The minimum atomic E-state index is -5.31. The second-order valence-corrected chi connectivity index (χ2v) is 3.36. The molecule has 1 rings (SSSR count). The van der Waals surface area contributed by atoms with Gasteiger partial charge in [-0.1, -0.05) is 0 Å². The summed E-state index contributed by atoms with van der Waals surface area (Å²) < 4.78 is 70.1. The first-order chi connectivity index (χ1) is 9.21. The molecule has 0 atom stereocenters. The number of nitriles is 1. The number of ether oxygens (including phenoxy) is 2. The van der Waals surface area contributed by atoms with Crippen molar-refractivity contribution in [1.29, 1.82) is 5.26 Å². The molecule has 0 bridgehead atoms. The molecule has 0 fully saturated rings. The molecule has 0 aliphatic carbocycles. The maximum atomic E-state index is 12.8. The molecule has 0 saturated heterocycles. The van der Waals surface area contributed by atoms with E-state index >= 15 is 0 Å². The summed E-state index contributed by atoms with van der Waals surface area (Å²) in [4.78, 5) is 11.3. The Bertz CT molecular complexity index is 562. The van der Waals surface area contributed by atoms with E-state index in [0.29, 0.717) is 0 Å². The van der Waals surface area contributed by atoms with Crippen molar-refractivity contribution in [2.45, 2.75) is 12.8 Å². The minimum absolute atomic E-state index is 0.730. The summed E-state index contributed by atoms with van der Waals surface area (Å²) in [5.74, 6) is -2.73. The van der Waals surface area contributed by atoms with Gasteiger partial charge in [-0.05, 0) is 12.1 Å². The number of hydrogen-bond donors (Lipinski definition) is 0. The molecule has 1 aromatic rings. The predicted molar refractivity (Wildman–Crippen MR) is 54.1 cm³/mol. The standard InChI is InChI=1S/C11H6F5NO3/c1-19-10(18)6-3-2-5(4-17)7(9(12)13)8(6)20-11(14,15)16/h2-3,9H,1H3. The summed E-state index contributed by atoms with van der Waals surface area (Å²) >= 11 is 0. The molecule has 0 N–H and O–H groups in total. The largest absolute Gasteiger partial charge is 0.573 e. The fourth-order valence-electron chi connectivity index (χ4n) is 1.41. The summed E-state index contributed by atoms with van der Waals surface area (Å²) in [7, 11) is 0.861. The highest BCUT2D eigenvalue weighted by molar-refractivity contribution is 5.93. The fraction of sp³-hybridized carbons (Fsp3) is 0.273. The van der Waals surface area contributed by atoms with E-state index in [2.05, 4.69) is 9.47 Å². The smallest absolute Gasteiger partial charge is 0.465 e. The highest BCUT2D eigenvalue weighted by Crippen LogP contribution is 2.38. The maximum absolute atomic E-state index is 12.8. The van der Waals surface area contributed by atoms with Gasteiger partial charge in [-0.15, -0.1) is 13.2 Å². The first-order valence-electron chi connectivity index (χ1n) is 4.90. The summed E-state index contributed by atoms with van der Waals surface area (Å²) in [6.07, 6.45) is -8.74. The lowest BCUT2D eigenvalue weighted by Crippen LogP contribution is -2.21. The molecule has 0 aliphatic heterocycles. The van der Waals surface area contributed by atoms with E-state index in [0.717, 1.165) is 19.2 Å². The molecule has 0 heterocycles. The van der Waals surface area contributed by atoms with Crippen molar-refractivity contribution in [2.24, 2.45) is 0 Å². The monoisotopic (exact) mass is 295 g/mol. The molecule has 0 saturated carbocycles. The van der Waals surface area contributed by atoms with Crippen LogP contribution in [0.3, 0.4) is 0 Å². The van der Waals surface area contributed by atoms with E-state index in [1.807, 2.05) is 0 Å². The summed E-state index contributed by atoms with van der Waals surface area (Å²) in [6, 6.07) is 2.84. The van der Waals surface area contributed by atoms with Crippen LogP contribution in [0.5, 0.6) is 5.75 Å². The number of carbonyl (C=O) groups excluding carboxylic acids is 1. The highest BCUT2D eigenvalue weighted by Gasteiger charge is 2.37. The Hall–Kier alpha value is -2.37. The average Bonchev–Trinajstić information content (AvgIpc) is 2.34. The molecule has 0 amide bonds. The Morgan fingerprint density at radius 3 is 2.35 bits per heavy atom. The van der Waals surface area contributed by atoms with E-state index in [1.54, 1.807) is 0 Å². The SMILES string of the molecule is COC(=O)c1ccc(C#N)c(C(F)F)c1OC(F)(F)F. The Kier molecular flexibility index (Phi) is 4.49. The van der Waals surface area contributed by atoms with E-state index < -0.39 is 41.2 Å². The normalized spacial score (nSPS) is 11.1. The Morgan fingerprint density at radius 2 is 1.95 bits per heavy atom. The third-order valence-electron chi connectivity index (χ3n) is 2.16. The van der Waals surface area contributed by atoms with E-state index in [4.69, 9.17) is 5.26 Å². The predicted octanol–water partition coefficient (Wildman–Crippen LogP) is 3.18. The third-order valence-corrected chi connectivity index (χ3v) is 2.16. The summed E-state index contributed by atoms with van der Waals surface area (Å²) in [5, 5.41) is 8.64. The van der Waals surface area contributed by atoms with Gasteiger partial charge >= 0.3 is 12.3 Å². The molecule has 0 spiro atoms. The summed E-state index contributed by atoms with van der Waals surface area (Å²) in [5.41, 5.74) is -2.89. The van der Waals surface area contributed by atoms with Gasteiger partial charge in [-0.25, -0.2) is 13.6 Å². The molecule has 9 heteroatoms. The average molecular weight is 295 g/mol. The quantitative estimate of drug-likeness (QED) is 0.634. The van der Waals surface area contributed by atoms with Gasteiger partial charge in [-0.2, -0.15) is 5.26 Å². The van der Waals surface area contributed by atoms with Crippen LogP contribution >= 0.6 is 0 Å². The van der Waals surface area contributed by atoms with Gasteiger partial charge < -0.3 is 9.47 Å². The van der Waals surface area contributed by atoms with Crippen molar-refractivity contribution in [1.82, 2.24) is 0 Å². The van der Waals surface area contributed by atoms with Crippen molar-refractivity contribution >= 4 is 5.97 Å². The van der Waals surface area contributed by atoms with Crippen LogP contribution in [0, 0.1) is 11.3 Å². The van der Waals surface area contributed by atoms with Crippen molar-refractivity contribution in [3.63, 3.8) is 0 Å². The van der Waals surface area contributed by atoms with Crippen LogP contribution in [0.4, 0.5) is 22.0 Å². The molecule has 108 valence electrons. The molecule has 4 nitrogen and oxygen atoms in total. The van der Waals surface area contributed by atoms with Gasteiger partial charge in [0.05, 0.1) is 24.3 Å². The molecular weight excluding hydrogens is 289 g/mol.